The maximum atomic E-state index is 12.8. The van der Waals surface area contributed by atoms with E-state index in [4.69, 9.17) is 10.00 Å². The highest BCUT2D eigenvalue weighted by molar-refractivity contribution is 7.14. The zero-order valence-corrected chi connectivity index (χ0v) is 19.4. The maximum absolute atomic E-state index is 12.8. The summed E-state index contributed by atoms with van der Waals surface area (Å²) >= 11 is 1.40. The molecular formula is C22H29N7O2S. The smallest absolute Gasteiger partial charge is 0.273 e. The van der Waals surface area contributed by atoms with Gasteiger partial charge in [0.25, 0.3) is 5.91 Å². The summed E-state index contributed by atoms with van der Waals surface area (Å²) in [4.78, 5) is 30.5. The van der Waals surface area contributed by atoms with Crippen molar-refractivity contribution in [3.63, 3.8) is 0 Å². The minimum atomic E-state index is -0.0387. The van der Waals surface area contributed by atoms with Crippen molar-refractivity contribution >= 4 is 28.2 Å². The third-order valence-electron chi connectivity index (χ3n) is 6.10. The molecule has 2 saturated heterocycles. The number of rotatable bonds is 6. The fraction of sp³-hybridized carbons (Fsp3) is 0.591. The number of ether oxygens (including phenoxy) is 1. The van der Waals surface area contributed by atoms with Crippen LogP contribution in [0.25, 0.3) is 0 Å². The highest BCUT2D eigenvalue weighted by atomic mass is 32.1. The summed E-state index contributed by atoms with van der Waals surface area (Å²) in [7, 11) is 1.72. The molecule has 0 spiro atoms. The van der Waals surface area contributed by atoms with Crippen LogP contribution in [0.1, 0.15) is 53.6 Å². The van der Waals surface area contributed by atoms with Crippen LogP contribution in [0.2, 0.25) is 0 Å². The van der Waals surface area contributed by atoms with Gasteiger partial charge in [-0.15, -0.1) is 11.3 Å². The Morgan fingerprint density at radius 1 is 1.28 bits per heavy atom. The molecule has 0 unspecified atom stereocenters. The number of hydrogen-bond donors (Lipinski definition) is 1. The van der Waals surface area contributed by atoms with Crippen molar-refractivity contribution in [3.8, 4) is 6.07 Å². The molecule has 0 aliphatic carbocycles. The molecule has 0 bridgehead atoms. The predicted octanol–water partition coefficient (Wildman–Crippen LogP) is 2.94. The number of amides is 1. The SMILES string of the molecule is COC1CCN(C(=O)c2csc(Nc3cc([C@@H]4CCCN(CC#N)C4)nc(C)n3)n2)CC1. The van der Waals surface area contributed by atoms with Crippen molar-refractivity contribution < 1.29 is 9.53 Å². The fourth-order valence-corrected chi connectivity index (χ4v) is 5.09. The van der Waals surface area contributed by atoms with E-state index in [1.807, 2.05) is 17.9 Å². The summed E-state index contributed by atoms with van der Waals surface area (Å²) < 4.78 is 5.39. The molecule has 32 heavy (non-hydrogen) atoms. The van der Waals surface area contributed by atoms with E-state index in [0.29, 0.717) is 42.1 Å². The van der Waals surface area contributed by atoms with Gasteiger partial charge >= 0.3 is 0 Å². The average molecular weight is 456 g/mol. The van der Waals surface area contributed by atoms with Gasteiger partial charge in [-0.3, -0.25) is 9.69 Å². The molecule has 2 aliphatic heterocycles. The first-order valence-corrected chi connectivity index (χ1v) is 11.9. The van der Waals surface area contributed by atoms with Crippen LogP contribution in [0.15, 0.2) is 11.4 Å². The van der Waals surface area contributed by atoms with Crippen LogP contribution in [0.4, 0.5) is 10.9 Å². The van der Waals surface area contributed by atoms with Gasteiger partial charge in [0.15, 0.2) is 5.13 Å². The summed E-state index contributed by atoms with van der Waals surface area (Å²) in [6, 6.07) is 4.21. The molecule has 4 rings (SSSR count). The number of likely N-dealkylation sites (tertiary alicyclic amines) is 2. The van der Waals surface area contributed by atoms with Crippen molar-refractivity contribution in [2.45, 2.75) is 44.6 Å². The second kappa shape index (κ2) is 10.3. The standard InChI is InChI=1S/C22H29N7O2S/c1-15-24-18(16-4-3-8-28(13-16)11-7-23)12-20(25-15)27-22-26-19(14-32-22)21(30)29-9-5-17(31-2)6-10-29/h12,14,16-17H,3-6,8-11,13H2,1-2H3,(H,24,25,26,27)/t16-/m1/s1. The number of carbonyl (C=O) groups excluding carboxylic acids is 1. The van der Waals surface area contributed by atoms with E-state index in [2.05, 4.69) is 31.2 Å². The van der Waals surface area contributed by atoms with Gasteiger partial charge in [-0.2, -0.15) is 5.26 Å². The number of thiazole rings is 1. The van der Waals surface area contributed by atoms with E-state index in [1.54, 1.807) is 12.5 Å². The van der Waals surface area contributed by atoms with E-state index in [1.165, 1.54) is 11.3 Å². The van der Waals surface area contributed by atoms with E-state index >= 15 is 0 Å². The van der Waals surface area contributed by atoms with Gasteiger partial charge in [-0.05, 0) is 39.2 Å². The molecule has 2 aromatic heterocycles. The quantitative estimate of drug-likeness (QED) is 0.663. The lowest BCUT2D eigenvalue weighted by Gasteiger charge is -2.30. The van der Waals surface area contributed by atoms with Crippen molar-refractivity contribution in [1.82, 2.24) is 24.8 Å². The average Bonchev–Trinajstić information content (AvgIpc) is 3.27. The zero-order valence-electron chi connectivity index (χ0n) is 18.6. The molecule has 2 aliphatic rings. The fourth-order valence-electron chi connectivity index (χ4n) is 4.40. The summed E-state index contributed by atoms with van der Waals surface area (Å²) in [5, 5.41) is 14.7. The summed E-state index contributed by atoms with van der Waals surface area (Å²) in [5.74, 6) is 1.61. The Labute approximate surface area is 192 Å². The van der Waals surface area contributed by atoms with Crippen LogP contribution in [-0.4, -0.2) is 76.6 Å². The number of nitriles is 1. The second-order valence-electron chi connectivity index (χ2n) is 8.35. The lowest BCUT2D eigenvalue weighted by atomic mass is 9.94. The number of aromatic nitrogens is 3. The Kier molecular flexibility index (Phi) is 7.29. The Morgan fingerprint density at radius 3 is 2.84 bits per heavy atom. The van der Waals surface area contributed by atoms with Crippen LogP contribution in [0.5, 0.6) is 0 Å². The van der Waals surface area contributed by atoms with Crippen LogP contribution in [0.3, 0.4) is 0 Å². The molecule has 1 amide bonds. The zero-order chi connectivity index (χ0) is 22.5. The van der Waals surface area contributed by atoms with Crippen molar-refractivity contribution in [1.29, 1.82) is 5.26 Å². The largest absolute Gasteiger partial charge is 0.381 e. The Balaban J connectivity index is 1.42. The minimum Gasteiger partial charge on any atom is -0.381 e. The third kappa shape index (κ3) is 5.41. The molecule has 170 valence electrons. The monoisotopic (exact) mass is 455 g/mol. The Hall–Kier alpha value is -2.61. The van der Waals surface area contributed by atoms with Crippen molar-refractivity contribution in [2.24, 2.45) is 0 Å². The van der Waals surface area contributed by atoms with Gasteiger partial charge in [0, 0.05) is 44.1 Å². The van der Waals surface area contributed by atoms with E-state index in [9.17, 15) is 4.79 Å². The number of piperidine rings is 2. The van der Waals surface area contributed by atoms with Gasteiger partial charge in [0.2, 0.25) is 0 Å². The van der Waals surface area contributed by atoms with Gasteiger partial charge in [0.1, 0.15) is 17.3 Å². The highest BCUT2D eigenvalue weighted by Gasteiger charge is 2.26. The summed E-state index contributed by atoms with van der Waals surface area (Å²) in [6.45, 7) is 5.50. The first-order valence-electron chi connectivity index (χ1n) is 11.0. The highest BCUT2D eigenvalue weighted by Crippen LogP contribution is 2.28. The van der Waals surface area contributed by atoms with E-state index in [0.717, 1.165) is 44.5 Å². The lowest BCUT2D eigenvalue weighted by Crippen LogP contribution is -2.40. The van der Waals surface area contributed by atoms with Crippen LogP contribution >= 0.6 is 11.3 Å². The number of aryl methyl sites for hydroxylation is 1. The third-order valence-corrected chi connectivity index (χ3v) is 6.85. The first kappa shape index (κ1) is 22.6. The summed E-state index contributed by atoms with van der Waals surface area (Å²) in [5.41, 5.74) is 1.44. The van der Waals surface area contributed by atoms with Gasteiger partial charge in [0.05, 0.1) is 24.4 Å². The van der Waals surface area contributed by atoms with Gasteiger partial charge < -0.3 is 15.0 Å². The number of methoxy groups -OCH3 is 1. The molecule has 10 heteroatoms. The topological polar surface area (TPSA) is 107 Å². The molecule has 0 radical (unpaired) electrons. The maximum Gasteiger partial charge on any atom is 0.273 e. The van der Waals surface area contributed by atoms with Gasteiger partial charge in [-0.25, -0.2) is 15.0 Å². The molecule has 4 heterocycles. The van der Waals surface area contributed by atoms with Crippen LogP contribution in [0, 0.1) is 18.3 Å². The summed E-state index contributed by atoms with van der Waals surface area (Å²) in [6.07, 6.45) is 4.05. The molecule has 2 aromatic rings. The Morgan fingerprint density at radius 2 is 2.09 bits per heavy atom. The van der Waals surface area contributed by atoms with Crippen LogP contribution < -0.4 is 5.32 Å². The number of hydrogen-bond acceptors (Lipinski definition) is 9. The van der Waals surface area contributed by atoms with Crippen LogP contribution in [-0.2, 0) is 4.74 Å². The number of carbonyl (C=O) groups is 1. The molecule has 2 fully saturated rings. The molecule has 1 N–H and O–H groups in total. The van der Waals surface area contributed by atoms with Crippen molar-refractivity contribution in [2.75, 3.05) is 45.2 Å². The van der Waals surface area contributed by atoms with Gasteiger partial charge in [-0.1, -0.05) is 0 Å². The lowest BCUT2D eigenvalue weighted by molar-refractivity contribution is 0.0348. The van der Waals surface area contributed by atoms with E-state index in [-0.39, 0.29) is 17.9 Å². The number of nitrogens with one attached hydrogen (secondary N) is 1. The molecule has 0 aromatic carbocycles. The van der Waals surface area contributed by atoms with Crippen molar-refractivity contribution in [3.05, 3.63) is 28.7 Å². The molecule has 9 nitrogen and oxygen atoms in total. The van der Waals surface area contributed by atoms with E-state index < -0.39 is 0 Å². The number of anilines is 2. The molecule has 1 atom stereocenters. The predicted molar refractivity (Wildman–Crippen MR) is 122 cm³/mol. The second-order valence-corrected chi connectivity index (χ2v) is 9.21. The molecular weight excluding hydrogens is 426 g/mol. The Bertz CT molecular complexity index is 981. The normalized spacial score (nSPS) is 20.2. The number of nitrogens with zero attached hydrogens (tertiary/aromatic N) is 6. The first-order chi connectivity index (χ1) is 15.6. The molecule has 0 saturated carbocycles. The minimum absolute atomic E-state index is 0.0387.